The molecule has 0 spiro atoms. The molecule has 2 N–H and O–H groups in total. The van der Waals surface area contributed by atoms with Crippen LogP contribution in [0.15, 0.2) is 18.2 Å². The highest BCUT2D eigenvalue weighted by atomic mass is 16.5. The third-order valence-electron chi connectivity index (χ3n) is 3.93. The molecule has 2 rings (SSSR count). The van der Waals surface area contributed by atoms with Crippen molar-refractivity contribution in [3.8, 4) is 11.5 Å². The first kappa shape index (κ1) is 17.1. The van der Waals surface area contributed by atoms with Gasteiger partial charge in [-0.3, -0.25) is 14.5 Å². The van der Waals surface area contributed by atoms with Gasteiger partial charge in [-0.25, -0.2) is 0 Å². The lowest BCUT2D eigenvalue weighted by molar-refractivity contribution is -0.134. The average Bonchev–Trinajstić information content (AvgIpc) is 2.57. The van der Waals surface area contributed by atoms with Gasteiger partial charge in [0.15, 0.2) is 11.5 Å². The van der Waals surface area contributed by atoms with Gasteiger partial charge in [0.25, 0.3) is 0 Å². The largest absolute Gasteiger partial charge is 0.493 e. The highest BCUT2D eigenvalue weighted by Crippen LogP contribution is 2.28. The smallest absolute Gasteiger partial charge is 0.237 e. The maximum absolute atomic E-state index is 12.1. The molecule has 2 amide bonds. The third-order valence-corrected chi connectivity index (χ3v) is 3.93. The van der Waals surface area contributed by atoms with Crippen molar-refractivity contribution in [3.05, 3.63) is 23.8 Å². The Morgan fingerprint density at radius 2 is 2.09 bits per heavy atom. The second-order valence-corrected chi connectivity index (χ2v) is 5.34. The van der Waals surface area contributed by atoms with Gasteiger partial charge < -0.3 is 20.1 Å². The fourth-order valence-electron chi connectivity index (χ4n) is 2.66. The van der Waals surface area contributed by atoms with E-state index in [1.807, 2.05) is 23.1 Å². The first-order valence-corrected chi connectivity index (χ1v) is 7.52. The minimum absolute atomic E-state index is 0.111. The zero-order valence-corrected chi connectivity index (χ0v) is 13.7. The molecule has 1 fully saturated rings. The van der Waals surface area contributed by atoms with Gasteiger partial charge in [-0.1, -0.05) is 6.07 Å². The predicted molar refractivity (Wildman–Crippen MR) is 85.4 cm³/mol. The number of carbonyl (C=O) groups excluding carboxylic acids is 2. The molecular formula is C16H23N3O4. The summed E-state index contributed by atoms with van der Waals surface area (Å²) in [5.74, 6) is 1.05. The first-order chi connectivity index (χ1) is 11.1. The van der Waals surface area contributed by atoms with Gasteiger partial charge in [-0.15, -0.1) is 0 Å². The van der Waals surface area contributed by atoms with Gasteiger partial charge in [0.2, 0.25) is 11.8 Å². The van der Waals surface area contributed by atoms with Crippen molar-refractivity contribution >= 4 is 11.8 Å². The zero-order valence-electron chi connectivity index (χ0n) is 13.7. The predicted octanol–water partition coefficient (Wildman–Crippen LogP) is 0.140. The Morgan fingerprint density at radius 3 is 2.74 bits per heavy atom. The van der Waals surface area contributed by atoms with Gasteiger partial charge in [0.05, 0.1) is 26.7 Å². The molecular weight excluding hydrogens is 298 g/mol. The molecule has 0 bridgehead atoms. The van der Waals surface area contributed by atoms with Crippen molar-refractivity contribution in [3.63, 3.8) is 0 Å². The summed E-state index contributed by atoms with van der Waals surface area (Å²) in [5, 5.41) is 5.38. The molecule has 1 aromatic carbocycles. The number of carbonyl (C=O) groups is 2. The van der Waals surface area contributed by atoms with Crippen LogP contribution < -0.4 is 20.1 Å². The van der Waals surface area contributed by atoms with Gasteiger partial charge in [-0.05, 0) is 17.7 Å². The first-order valence-electron chi connectivity index (χ1n) is 7.52. The van der Waals surface area contributed by atoms with Crippen LogP contribution in [-0.4, -0.2) is 57.1 Å². The lowest BCUT2D eigenvalue weighted by Gasteiger charge is -2.34. The van der Waals surface area contributed by atoms with Crippen molar-refractivity contribution in [1.82, 2.24) is 15.5 Å². The minimum atomic E-state index is -0.461. The summed E-state index contributed by atoms with van der Waals surface area (Å²) >= 11 is 0. The van der Waals surface area contributed by atoms with E-state index in [0.717, 1.165) is 5.56 Å². The summed E-state index contributed by atoms with van der Waals surface area (Å²) < 4.78 is 10.5. The Bertz CT molecular complexity index is 576. The SMILES string of the molecule is CNC(=O)CC1C(=O)NCCN1Cc1ccc(OC)c(OC)c1. The van der Waals surface area contributed by atoms with Gasteiger partial charge in [-0.2, -0.15) is 0 Å². The topological polar surface area (TPSA) is 79.9 Å². The van der Waals surface area contributed by atoms with Gasteiger partial charge in [0, 0.05) is 26.7 Å². The maximum Gasteiger partial charge on any atom is 0.237 e. The number of nitrogens with zero attached hydrogens (tertiary/aromatic N) is 1. The summed E-state index contributed by atoms with van der Waals surface area (Å²) in [5.41, 5.74) is 0.999. The fourth-order valence-corrected chi connectivity index (χ4v) is 2.66. The van der Waals surface area contributed by atoms with E-state index in [1.165, 1.54) is 0 Å². The van der Waals surface area contributed by atoms with Crippen LogP contribution in [0.2, 0.25) is 0 Å². The number of amides is 2. The average molecular weight is 321 g/mol. The van der Waals surface area contributed by atoms with Crippen LogP contribution in [-0.2, 0) is 16.1 Å². The maximum atomic E-state index is 12.1. The Labute approximate surface area is 135 Å². The molecule has 0 aromatic heterocycles. The Hall–Kier alpha value is -2.28. The third kappa shape index (κ3) is 4.13. The monoisotopic (exact) mass is 321 g/mol. The minimum Gasteiger partial charge on any atom is -0.493 e. The van der Waals surface area contributed by atoms with E-state index in [-0.39, 0.29) is 18.2 Å². The van der Waals surface area contributed by atoms with Crippen LogP contribution >= 0.6 is 0 Å². The van der Waals surface area contributed by atoms with E-state index >= 15 is 0 Å². The molecule has 1 aromatic rings. The second-order valence-electron chi connectivity index (χ2n) is 5.34. The molecule has 0 radical (unpaired) electrons. The van der Waals surface area contributed by atoms with E-state index < -0.39 is 6.04 Å². The van der Waals surface area contributed by atoms with Crippen molar-refractivity contribution < 1.29 is 19.1 Å². The van der Waals surface area contributed by atoms with E-state index in [9.17, 15) is 9.59 Å². The van der Waals surface area contributed by atoms with Crippen molar-refractivity contribution in [2.45, 2.75) is 19.0 Å². The molecule has 7 heteroatoms. The second kappa shape index (κ2) is 7.82. The summed E-state index contributed by atoms with van der Waals surface area (Å²) in [7, 11) is 4.75. The summed E-state index contributed by atoms with van der Waals surface area (Å²) in [4.78, 5) is 25.8. The van der Waals surface area contributed by atoms with E-state index in [2.05, 4.69) is 10.6 Å². The Kier molecular flexibility index (Phi) is 5.81. The lowest BCUT2D eigenvalue weighted by atomic mass is 10.1. The van der Waals surface area contributed by atoms with Crippen LogP contribution in [0.25, 0.3) is 0 Å². The quantitative estimate of drug-likeness (QED) is 0.779. The van der Waals surface area contributed by atoms with Crippen LogP contribution in [0.4, 0.5) is 0 Å². The van der Waals surface area contributed by atoms with Crippen LogP contribution in [0.3, 0.4) is 0 Å². The van der Waals surface area contributed by atoms with Crippen LogP contribution in [0, 0.1) is 0 Å². The van der Waals surface area contributed by atoms with Gasteiger partial charge >= 0.3 is 0 Å². The molecule has 0 aliphatic carbocycles. The van der Waals surface area contributed by atoms with Crippen LogP contribution in [0.5, 0.6) is 11.5 Å². The standard InChI is InChI=1S/C16H23N3O4/c1-17-15(20)9-12-16(21)18-6-7-19(12)10-11-4-5-13(22-2)14(8-11)23-3/h4-5,8,12H,6-7,9-10H2,1-3H3,(H,17,20)(H,18,21). The lowest BCUT2D eigenvalue weighted by Crippen LogP contribution is -2.55. The van der Waals surface area contributed by atoms with Gasteiger partial charge in [0.1, 0.15) is 0 Å². The molecule has 1 saturated heterocycles. The highest BCUT2D eigenvalue weighted by molar-refractivity contribution is 5.88. The van der Waals surface area contributed by atoms with E-state index in [1.54, 1.807) is 21.3 Å². The normalized spacial score (nSPS) is 18.2. The number of hydrogen-bond donors (Lipinski definition) is 2. The number of benzene rings is 1. The molecule has 7 nitrogen and oxygen atoms in total. The number of ether oxygens (including phenoxy) is 2. The molecule has 0 saturated carbocycles. The summed E-state index contributed by atoms with van der Waals surface area (Å²) in [6.07, 6.45) is 0.148. The van der Waals surface area contributed by atoms with E-state index in [4.69, 9.17) is 9.47 Å². The number of piperazine rings is 1. The molecule has 1 atom stereocenters. The Balaban J connectivity index is 2.15. The number of nitrogens with one attached hydrogen (secondary N) is 2. The molecule has 126 valence electrons. The summed E-state index contributed by atoms with van der Waals surface area (Å²) in [6.45, 7) is 1.84. The fraction of sp³-hybridized carbons (Fsp3) is 0.500. The number of methoxy groups -OCH3 is 2. The van der Waals surface area contributed by atoms with Crippen LogP contribution in [0.1, 0.15) is 12.0 Å². The summed E-state index contributed by atoms with van der Waals surface area (Å²) in [6, 6.07) is 5.20. The highest BCUT2D eigenvalue weighted by Gasteiger charge is 2.31. The number of rotatable bonds is 6. The molecule has 1 unspecified atom stereocenters. The number of hydrogen-bond acceptors (Lipinski definition) is 5. The Morgan fingerprint density at radius 1 is 1.35 bits per heavy atom. The molecule has 1 heterocycles. The molecule has 1 aliphatic rings. The molecule has 23 heavy (non-hydrogen) atoms. The van der Waals surface area contributed by atoms with Crippen molar-refractivity contribution in [1.29, 1.82) is 0 Å². The zero-order chi connectivity index (χ0) is 16.8. The van der Waals surface area contributed by atoms with Crippen molar-refractivity contribution in [2.75, 3.05) is 34.4 Å². The van der Waals surface area contributed by atoms with E-state index in [0.29, 0.717) is 31.1 Å². The molecule has 1 aliphatic heterocycles. The van der Waals surface area contributed by atoms with Crippen molar-refractivity contribution in [2.24, 2.45) is 0 Å².